The van der Waals surface area contributed by atoms with Gasteiger partial charge < -0.3 is 10.1 Å². The van der Waals surface area contributed by atoms with E-state index in [4.69, 9.17) is 4.74 Å². The highest BCUT2D eigenvalue weighted by atomic mass is 16.5. The maximum atomic E-state index is 12.3. The third-order valence-electron chi connectivity index (χ3n) is 3.83. The van der Waals surface area contributed by atoms with Gasteiger partial charge in [-0.15, -0.1) is 0 Å². The van der Waals surface area contributed by atoms with E-state index in [0.717, 1.165) is 11.3 Å². The topological polar surface area (TPSA) is 73.2 Å². The summed E-state index contributed by atoms with van der Waals surface area (Å²) in [5, 5.41) is 2.89. The Balaban J connectivity index is 1.72. The van der Waals surface area contributed by atoms with E-state index in [9.17, 15) is 9.59 Å². The summed E-state index contributed by atoms with van der Waals surface area (Å²) in [6, 6.07) is 18.3. The number of rotatable bonds is 6. The Labute approximate surface area is 151 Å². The monoisotopic (exact) mass is 349 g/mol. The van der Waals surface area contributed by atoms with Crippen LogP contribution in [0.4, 0.5) is 0 Å². The summed E-state index contributed by atoms with van der Waals surface area (Å²) in [4.78, 5) is 27.5. The van der Waals surface area contributed by atoms with Crippen molar-refractivity contribution in [1.29, 1.82) is 0 Å². The molecule has 26 heavy (non-hydrogen) atoms. The fourth-order valence-electron chi connectivity index (χ4n) is 2.57. The van der Waals surface area contributed by atoms with Crippen LogP contribution in [0.5, 0.6) is 11.5 Å². The highest BCUT2D eigenvalue weighted by Gasteiger charge is 2.15. The van der Waals surface area contributed by atoms with Crippen LogP contribution in [0.2, 0.25) is 0 Å². The van der Waals surface area contributed by atoms with Crippen LogP contribution in [0.1, 0.15) is 18.5 Å². The van der Waals surface area contributed by atoms with Gasteiger partial charge in [0.2, 0.25) is 5.91 Å². The molecule has 0 fully saturated rings. The fraction of sp³-hybridized carbons (Fsp3) is 0.150. The number of ether oxygens (including phenoxy) is 1. The highest BCUT2D eigenvalue weighted by Crippen LogP contribution is 2.29. The average Bonchev–Trinajstić information content (AvgIpc) is 2.65. The Morgan fingerprint density at radius 3 is 2.62 bits per heavy atom. The summed E-state index contributed by atoms with van der Waals surface area (Å²) in [5.74, 6) is 1.12. The Morgan fingerprint density at radius 2 is 1.85 bits per heavy atom. The first-order valence-electron chi connectivity index (χ1n) is 8.26. The standard InChI is InChI=1S/C20H19N3O3/c1-15(22-19(24)14-23-13-7-12-21-20(23)25)17-10-5-6-11-18(17)26-16-8-3-2-4-9-16/h2-13,15H,14H2,1H3,(H,22,24)/t15-/m0/s1. The molecule has 0 radical (unpaired) electrons. The predicted octanol–water partition coefficient (Wildman–Crippen LogP) is 2.91. The first kappa shape index (κ1) is 17.4. The van der Waals surface area contributed by atoms with E-state index in [1.54, 1.807) is 6.07 Å². The van der Waals surface area contributed by atoms with Crippen molar-refractivity contribution in [1.82, 2.24) is 14.9 Å². The van der Waals surface area contributed by atoms with Crippen LogP contribution >= 0.6 is 0 Å². The Kier molecular flexibility index (Phi) is 5.43. The van der Waals surface area contributed by atoms with E-state index < -0.39 is 5.69 Å². The van der Waals surface area contributed by atoms with Gasteiger partial charge in [0.05, 0.1) is 6.04 Å². The maximum Gasteiger partial charge on any atom is 0.347 e. The molecule has 1 aromatic heterocycles. The largest absolute Gasteiger partial charge is 0.457 e. The second-order valence-electron chi connectivity index (χ2n) is 5.77. The first-order valence-corrected chi connectivity index (χ1v) is 8.26. The number of benzene rings is 2. The van der Waals surface area contributed by atoms with Crippen LogP contribution in [-0.4, -0.2) is 15.5 Å². The molecule has 1 amide bonds. The number of hydrogen-bond donors (Lipinski definition) is 1. The van der Waals surface area contributed by atoms with E-state index in [2.05, 4.69) is 10.3 Å². The molecule has 3 aromatic rings. The number of para-hydroxylation sites is 2. The van der Waals surface area contributed by atoms with Crippen molar-refractivity contribution in [2.75, 3.05) is 0 Å². The molecule has 0 spiro atoms. The molecule has 6 nitrogen and oxygen atoms in total. The molecule has 0 bridgehead atoms. The second kappa shape index (κ2) is 8.11. The summed E-state index contributed by atoms with van der Waals surface area (Å²) in [7, 11) is 0. The zero-order chi connectivity index (χ0) is 18.4. The number of carbonyl (C=O) groups excluding carboxylic acids is 1. The molecule has 1 N–H and O–H groups in total. The van der Waals surface area contributed by atoms with Gasteiger partial charge in [-0.1, -0.05) is 36.4 Å². The van der Waals surface area contributed by atoms with E-state index in [1.807, 2.05) is 61.5 Å². The molecular formula is C20H19N3O3. The Hall–Kier alpha value is -3.41. The van der Waals surface area contributed by atoms with Crippen LogP contribution < -0.4 is 15.7 Å². The lowest BCUT2D eigenvalue weighted by molar-refractivity contribution is -0.122. The molecule has 1 heterocycles. The van der Waals surface area contributed by atoms with Gasteiger partial charge in [-0.2, -0.15) is 0 Å². The van der Waals surface area contributed by atoms with Gasteiger partial charge in [0.15, 0.2) is 0 Å². The smallest absolute Gasteiger partial charge is 0.347 e. The van der Waals surface area contributed by atoms with Gasteiger partial charge in [0, 0.05) is 18.0 Å². The zero-order valence-corrected chi connectivity index (χ0v) is 14.3. The van der Waals surface area contributed by atoms with Gasteiger partial charge in [0.1, 0.15) is 18.0 Å². The first-order chi connectivity index (χ1) is 12.6. The number of nitrogens with zero attached hydrogens (tertiary/aromatic N) is 2. The molecule has 0 unspecified atom stereocenters. The van der Waals surface area contributed by atoms with Crippen molar-refractivity contribution in [3.05, 3.63) is 89.1 Å². The number of amides is 1. The molecule has 0 saturated carbocycles. The average molecular weight is 349 g/mol. The summed E-state index contributed by atoms with van der Waals surface area (Å²) >= 11 is 0. The lowest BCUT2D eigenvalue weighted by Gasteiger charge is -2.18. The highest BCUT2D eigenvalue weighted by molar-refractivity contribution is 5.76. The van der Waals surface area contributed by atoms with E-state index >= 15 is 0 Å². The van der Waals surface area contributed by atoms with Crippen molar-refractivity contribution in [3.63, 3.8) is 0 Å². The van der Waals surface area contributed by atoms with Gasteiger partial charge >= 0.3 is 5.69 Å². The van der Waals surface area contributed by atoms with Gasteiger partial charge in [-0.3, -0.25) is 9.36 Å². The van der Waals surface area contributed by atoms with Gasteiger partial charge in [0.25, 0.3) is 0 Å². The van der Waals surface area contributed by atoms with Gasteiger partial charge in [-0.25, -0.2) is 9.78 Å². The molecule has 0 aliphatic rings. The Morgan fingerprint density at radius 1 is 1.12 bits per heavy atom. The van der Waals surface area contributed by atoms with Crippen LogP contribution in [0.25, 0.3) is 0 Å². The normalized spacial score (nSPS) is 11.6. The third-order valence-corrected chi connectivity index (χ3v) is 3.83. The Bertz CT molecular complexity index is 938. The van der Waals surface area contributed by atoms with Crippen LogP contribution in [-0.2, 0) is 11.3 Å². The molecule has 0 saturated heterocycles. The molecule has 0 aliphatic heterocycles. The number of hydrogen-bond acceptors (Lipinski definition) is 4. The zero-order valence-electron chi connectivity index (χ0n) is 14.3. The lowest BCUT2D eigenvalue weighted by Crippen LogP contribution is -2.34. The maximum absolute atomic E-state index is 12.3. The summed E-state index contributed by atoms with van der Waals surface area (Å²) < 4.78 is 7.19. The van der Waals surface area contributed by atoms with Crippen molar-refractivity contribution >= 4 is 5.91 Å². The van der Waals surface area contributed by atoms with E-state index in [0.29, 0.717) is 5.75 Å². The summed E-state index contributed by atoms with van der Waals surface area (Å²) in [5.41, 5.74) is 0.395. The van der Waals surface area contributed by atoms with Crippen LogP contribution in [0.3, 0.4) is 0 Å². The van der Waals surface area contributed by atoms with Crippen LogP contribution in [0.15, 0.2) is 77.9 Å². The molecule has 6 heteroatoms. The predicted molar refractivity (Wildman–Crippen MR) is 98.0 cm³/mol. The van der Waals surface area contributed by atoms with Crippen molar-refractivity contribution in [2.24, 2.45) is 0 Å². The van der Waals surface area contributed by atoms with Crippen LogP contribution in [0, 0.1) is 0 Å². The minimum atomic E-state index is -0.455. The molecule has 2 aromatic carbocycles. The lowest BCUT2D eigenvalue weighted by atomic mass is 10.1. The number of aromatic nitrogens is 2. The fourth-order valence-corrected chi connectivity index (χ4v) is 2.57. The quantitative estimate of drug-likeness (QED) is 0.743. The molecule has 1 atom stereocenters. The van der Waals surface area contributed by atoms with E-state index in [1.165, 1.54) is 17.0 Å². The molecule has 3 rings (SSSR count). The van der Waals surface area contributed by atoms with Crippen molar-refractivity contribution in [2.45, 2.75) is 19.5 Å². The third kappa shape index (κ3) is 4.36. The van der Waals surface area contributed by atoms with Gasteiger partial charge in [-0.05, 0) is 31.2 Å². The molecular weight excluding hydrogens is 330 g/mol. The minimum Gasteiger partial charge on any atom is -0.457 e. The minimum absolute atomic E-state index is 0.0846. The summed E-state index contributed by atoms with van der Waals surface area (Å²) in [6.07, 6.45) is 2.93. The second-order valence-corrected chi connectivity index (χ2v) is 5.77. The number of carbonyl (C=O) groups is 1. The summed E-state index contributed by atoms with van der Waals surface area (Å²) in [6.45, 7) is 1.79. The molecule has 132 valence electrons. The molecule has 0 aliphatic carbocycles. The van der Waals surface area contributed by atoms with Crippen molar-refractivity contribution < 1.29 is 9.53 Å². The number of nitrogens with one attached hydrogen (secondary N) is 1. The van der Waals surface area contributed by atoms with E-state index in [-0.39, 0.29) is 18.5 Å². The van der Waals surface area contributed by atoms with Crippen molar-refractivity contribution in [3.8, 4) is 11.5 Å². The SMILES string of the molecule is C[C@H](NC(=O)Cn1cccnc1=O)c1ccccc1Oc1ccccc1.